The van der Waals surface area contributed by atoms with Crippen molar-refractivity contribution in [3.05, 3.63) is 29.8 Å². The molecule has 1 aliphatic rings. The Morgan fingerprint density at radius 3 is 2.86 bits per heavy atom. The SMILES string of the molecule is CCCNC(C)c1ccccc1NC(=O)C1OCCC1C. The standard InChI is InChI=1S/C17H26N2O2/c1-4-10-18-13(3)14-7-5-6-8-15(14)19-17(20)16-12(2)9-11-21-16/h5-8,12-13,16,18H,4,9-11H2,1-3H3,(H,19,20). The highest BCUT2D eigenvalue weighted by Crippen LogP contribution is 2.25. The fourth-order valence-corrected chi connectivity index (χ4v) is 2.69. The summed E-state index contributed by atoms with van der Waals surface area (Å²) in [5.74, 6) is 0.253. The molecule has 0 saturated carbocycles. The smallest absolute Gasteiger partial charge is 0.253 e. The van der Waals surface area contributed by atoms with Gasteiger partial charge in [-0.2, -0.15) is 0 Å². The molecule has 4 heteroatoms. The Labute approximate surface area is 127 Å². The van der Waals surface area contributed by atoms with E-state index in [0.717, 1.165) is 30.6 Å². The molecule has 2 rings (SSSR count). The zero-order valence-electron chi connectivity index (χ0n) is 13.2. The minimum absolute atomic E-state index is 0.0323. The second-order valence-electron chi connectivity index (χ2n) is 5.81. The molecule has 1 aliphatic heterocycles. The van der Waals surface area contributed by atoms with E-state index in [1.54, 1.807) is 0 Å². The fraction of sp³-hybridized carbons (Fsp3) is 0.588. The van der Waals surface area contributed by atoms with Gasteiger partial charge in [0.15, 0.2) is 0 Å². The van der Waals surface area contributed by atoms with Crippen molar-refractivity contribution in [1.82, 2.24) is 5.32 Å². The number of rotatable bonds is 6. The molecule has 0 radical (unpaired) electrons. The van der Waals surface area contributed by atoms with Crippen LogP contribution in [0.15, 0.2) is 24.3 Å². The van der Waals surface area contributed by atoms with Crippen molar-refractivity contribution in [3.63, 3.8) is 0 Å². The quantitative estimate of drug-likeness (QED) is 0.846. The van der Waals surface area contributed by atoms with Crippen LogP contribution in [0.2, 0.25) is 0 Å². The van der Waals surface area contributed by atoms with E-state index in [2.05, 4.69) is 37.5 Å². The topological polar surface area (TPSA) is 50.4 Å². The highest BCUT2D eigenvalue weighted by atomic mass is 16.5. The van der Waals surface area contributed by atoms with Crippen LogP contribution < -0.4 is 10.6 Å². The number of anilines is 1. The molecule has 3 atom stereocenters. The zero-order valence-corrected chi connectivity index (χ0v) is 13.2. The maximum absolute atomic E-state index is 12.4. The number of carbonyl (C=O) groups excluding carboxylic acids is 1. The van der Waals surface area contributed by atoms with Gasteiger partial charge in [-0.15, -0.1) is 0 Å². The Morgan fingerprint density at radius 2 is 2.19 bits per heavy atom. The molecule has 3 unspecified atom stereocenters. The minimum Gasteiger partial charge on any atom is -0.368 e. The first kappa shape index (κ1) is 16.0. The monoisotopic (exact) mass is 290 g/mol. The fourth-order valence-electron chi connectivity index (χ4n) is 2.69. The molecule has 21 heavy (non-hydrogen) atoms. The van der Waals surface area contributed by atoms with Gasteiger partial charge in [-0.1, -0.05) is 32.0 Å². The van der Waals surface area contributed by atoms with E-state index >= 15 is 0 Å². The zero-order chi connectivity index (χ0) is 15.2. The summed E-state index contributed by atoms with van der Waals surface area (Å²) < 4.78 is 5.54. The Balaban J connectivity index is 2.07. The van der Waals surface area contributed by atoms with E-state index in [9.17, 15) is 4.79 Å². The Bertz CT molecular complexity index is 476. The molecule has 0 bridgehead atoms. The molecule has 1 saturated heterocycles. The second-order valence-corrected chi connectivity index (χ2v) is 5.81. The van der Waals surface area contributed by atoms with E-state index in [0.29, 0.717) is 6.61 Å². The summed E-state index contributed by atoms with van der Waals surface area (Å²) in [6.45, 7) is 7.97. The van der Waals surface area contributed by atoms with Crippen LogP contribution >= 0.6 is 0 Å². The second kappa shape index (κ2) is 7.57. The van der Waals surface area contributed by atoms with Crippen molar-refractivity contribution in [1.29, 1.82) is 0 Å². The summed E-state index contributed by atoms with van der Waals surface area (Å²) in [5.41, 5.74) is 1.99. The third-order valence-corrected chi connectivity index (χ3v) is 4.03. The van der Waals surface area contributed by atoms with Gasteiger partial charge in [0.1, 0.15) is 6.10 Å². The summed E-state index contributed by atoms with van der Waals surface area (Å²) in [4.78, 5) is 12.4. The molecule has 0 spiro atoms. The summed E-state index contributed by atoms with van der Waals surface area (Å²) >= 11 is 0. The average molecular weight is 290 g/mol. The average Bonchev–Trinajstić information content (AvgIpc) is 2.91. The Kier molecular flexibility index (Phi) is 5.76. The number of ether oxygens (including phenoxy) is 1. The molecular formula is C17H26N2O2. The number of hydrogen-bond donors (Lipinski definition) is 2. The van der Waals surface area contributed by atoms with Crippen LogP contribution in [0.3, 0.4) is 0 Å². The highest BCUT2D eigenvalue weighted by Gasteiger charge is 2.31. The van der Waals surface area contributed by atoms with E-state index in [1.165, 1.54) is 0 Å². The maximum atomic E-state index is 12.4. The number of benzene rings is 1. The van der Waals surface area contributed by atoms with Gasteiger partial charge in [0.25, 0.3) is 5.91 Å². The third kappa shape index (κ3) is 4.05. The number of para-hydroxylation sites is 1. The molecule has 1 amide bonds. The van der Waals surface area contributed by atoms with Gasteiger partial charge in [-0.3, -0.25) is 4.79 Å². The normalized spacial score (nSPS) is 23.0. The van der Waals surface area contributed by atoms with Crippen LogP contribution in [0.4, 0.5) is 5.69 Å². The third-order valence-electron chi connectivity index (χ3n) is 4.03. The number of nitrogens with one attached hydrogen (secondary N) is 2. The highest BCUT2D eigenvalue weighted by molar-refractivity contribution is 5.95. The molecule has 1 heterocycles. The lowest BCUT2D eigenvalue weighted by atomic mass is 10.0. The Hall–Kier alpha value is -1.39. The molecule has 0 aromatic heterocycles. The van der Waals surface area contributed by atoms with Crippen LogP contribution in [0.5, 0.6) is 0 Å². The first-order chi connectivity index (χ1) is 10.1. The van der Waals surface area contributed by atoms with Gasteiger partial charge in [0.2, 0.25) is 0 Å². The van der Waals surface area contributed by atoms with Crippen molar-refractivity contribution in [2.75, 3.05) is 18.5 Å². The van der Waals surface area contributed by atoms with E-state index in [4.69, 9.17) is 4.74 Å². The van der Waals surface area contributed by atoms with Crippen LogP contribution in [-0.4, -0.2) is 25.2 Å². The van der Waals surface area contributed by atoms with Gasteiger partial charge in [0.05, 0.1) is 0 Å². The van der Waals surface area contributed by atoms with Crippen LogP contribution in [0, 0.1) is 5.92 Å². The van der Waals surface area contributed by atoms with Gasteiger partial charge >= 0.3 is 0 Å². The molecule has 1 aromatic carbocycles. The number of carbonyl (C=O) groups is 1. The first-order valence-corrected chi connectivity index (χ1v) is 7.88. The van der Waals surface area contributed by atoms with Crippen molar-refractivity contribution >= 4 is 11.6 Å². The van der Waals surface area contributed by atoms with Crippen molar-refractivity contribution < 1.29 is 9.53 Å². The lowest BCUT2D eigenvalue weighted by Gasteiger charge is -2.20. The van der Waals surface area contributed by atoms with Crippen molar-refractivity contribution in [2.24, 2.45) is 5.92 Å². The first-order valence-electron chi connectivity index (χ1n) is 7.88. The molecule has 116 valence electrons. The van der Waals surface area contributed by atoms with Crippen molar-refractivity contribution in [2.45, 2.75) is 45.8 Å². The largest absolute Gasteiger partial charge is 0.368 e. The molecule has 2 N–H and O–H groups in total. The van der Waals surface area contributed by atoms with Gasteiger partial charge < -0.3 is 15.4 Å². The molecule has 1 fully saturated rings. The van der Waals surface area contributed by atoms with E-state index in [1.807, 2.05) is 18.2 Å². The number of hydrogen-bond acceptors (Lipinski definition) is 3. The summed E-state index contributed by atoms with van der Waals surface area (Å²) in [7, 11) is 0. The summed E-state index contributed by atoms with van der Waals surface area (Å²) in [5, 5.41) is 6.49. The molecule has 0 aliphatic carbocycles. The predicted octanol–water partition coefficient (Wildman–Crippen LogP) is 3.11. The minimum atomic E-state index is -0.322. The van der Waals surface area contributed by atoms with Crippen LogP contribution in [0.1, 0.15) is 45.2 Å². The van der Waals surface area contributed by atoms with Gasteiger partial charge in [0, 0.05) is 18.3 Å². The summed E-state index contributed by atoms with van der Waals surface area (Å²) in [6, 6.07) is 8.18. The maximum Gasteiger partial charge on any atom is 0.253 e. The predicted molar refractivity (Wildman–Crippen MR) is 85.3 cm³/mol. The van der Waals surface area contributed by atoms with Crippen LogP contribution in [0.25, 0.3) is 0 Å². The summed E-state index contributed by atoms with van der Waals surface area (Å²) in [6.07, 6.45) is 1.72. The van der Waals surface area contributed by atoms with Crippen LogP contribution in [-0.2, 0) is 9.53 Å². The van der Waals surface area contributed by atoms with Gasteiger partial charge in [-0.25, -0.2) is 0 Å². The molecule has 4 nitrogen and oxygen atoms in total. The van der Waals surface area contributed by atoms with Gasteiger partial charge in [-0.05, 0) is 43.9 Å². The molecule has 1 aromatic rings. The number of amides is 1. The van der Waals surface area contributed by atoms with E-state index < -0.39 is 0 Å². The lowest BCUT2D eigenvalue weighted by molar-refractivity contribution is -0.126. The molecular weight excluding hydrogens is 264 g/mol. The van der Waals surface area contributed by atoms with Crippen molar-refractivity contribution in [3.8, 4) is 0 Å². The Morgan fingerprint density at radius 1 is 1.43 bits per heavy atom. The van der Waals surface area contributed by atoms with E-state index in [-0.39, 0.29) is 24.0 Å². The lowest BCUT2D eigenvalue weighted by Crippen LogP contribution is -2.32.